The Labute approximate surface area is 142 Å². The highest BCUT2D eigenvalue weighted by atomic mass is 32.2. The molecule has 2 aromatic rings. The number of anilines is 1. The number of carbonyl (C=O) groups is 1. The van der Waals surface area contributed by atoms with Crippen LogP contribution in [-0.2, 0) is 10.0 Å². The van der Waals surface area contributed by atoms with E-state index in [1.165, 1.54) is 30.3 Å². The van der Waals surface area contributed by atoms with Crippen LogP contribution in [0.4, 0.5) is 5.69 Å². The van der Waals surface area contributed by atoms with Crippen molar-refractivity contribution in [3.05, 3.63) is 71.8 Å². The first-order valence-electron chi connectivity index (χ1n) is 7.43. The van der Waals surface area contributed by atoms with E-state index < -0.39 is 10.0 Å². The largest absolute Gasteiger partial charge is 0.322 e. The molecule has 0 aliphatic rings. The number of aryl methyl sites for hydroxylation is 2. The zero-order valence-corrected chi connectivity index (χ0v) is 14.5. The molecule has 0 radical (unpaired) electrons. The number of sulfonamides is 1. The maximum absolute atomic E-state index is 12.3. The Morgan fingerprint density at radius 2 is 1.75 bits per heavy atom. The molecule has 0 heterocycles. The molecule has 0 aliphatic heterocycles. The van der Waals surface area contributed by atoms with Crippen molar-refractivity contribution in [2.75, 3.05) is 11.9 Å². The van der Waals surface area contributed by atoms with Crippen LogP contribution in [0.5, 0.6) is 0 Å². The number of hydrogen-bond acceptors (Lipinski definition) is 3. The van der Waals surface area contributed by atoms with Gasteiger partial charge in [0.05, 0.1) is 4.90 Å². The zero-order valence-electron chi connectivity index (χ0n) is 13.7. The van der Waals surface area contributed by atoms with Gasteiger partial charge >= 0.3 is 0 Å². The minimum Gasteiger partial charge on any atom is -0.322 e. The molecule has 24 heavy (non-hydrogen) atoms. The summed E-state index contributed by atoms with van der Waals surface area (Å²) in [5, 5.41) is 2.80. The number of benzene rings is 2. The lowest BCUT2D eigenvalue weighted by Gasteiger charge is -2.09. The molecule has 2 aromatic carbocycles. The van der Waals surface area contributed by atoms with Gasteiger partial charge in [-0.2, -0.15) is 0 Å². The highest BCUT2D eigenvalue weighted by Crippen LogP contribution is 2.16. The van der Waals surface area contributed by atoms with Crippen molar-refractivity contribution in [3.8, 4) is 0 Å². The van der Waals surface area contributed by atoms with Gasteiger partial charge in [0.1, 0.15) is 0 Å². The third kappa shape index (κ3) is 4.31. The summed E-state index contributed by atoms with van der Waals surface area (Å²) >= 11 is 0. The molecule has 6 heteroatoms. The van der Waals surface area contributed by atoms with Crippen molar-refractivity contribution in [2.45, 2.75) is 18.7 Å². The van der Waals surface area contributed by atoms with Gasteiger partial charge < -0.3 is 5.32 Å². The van der Waals surface area contributed by atoms with Crippen LogP contribution in [0.3, 0.4) is 0 Å². The lowest BCUT2D eigenvalue weighted by Crippen LogP contribution is -2.23. The number of carbonyl (C=O) groups excluding carboxylic acids is 1. The molecule has 5 nitrogen and oxygen atoms in total. The minimum absolute atomic E-state index is 0.104. The van der Waals surface area contributed by atoms with Gasteiger partial charge in [-0.05, 0) is 61.4 Å². The van der Waals surface area contributed by atoms with Gasteiger partial charge in [0.15, 0.2) is 0 Å². The van der Waals surface area contributed by atoms with E-state index in [1.807, 2.05) is 32.0 Å². The Morgan fingerprint density at radius 1 is 1.08 bits per heavy atom. The second kappa shape index (κ2) is 7.42. The molecule has 0 fully saturated rings. The summed E-state index contributed by atoms with van der Waals surface area (Å²) in [7, 11) is -3.59. The molecule has 0 aliphatic carbocycles. The average Bonchev–Trinajstić information content (AvgIpc) is 2.56. The number of nitrogens with one attached hydrogen (secondary N) is 2. The summed E-state index contributed by atoms with van der Waals surface area (Å²) in [5.41, 5.74) is 3.32. The van der Waals surface area contributed by atoms with E-state index in [1.54, 1.807) is 0 Å². The molecule has 126 valence electrons. The summed E-state index contributed by atoms with van der Waals surface area (Å²) < 4.78 is 26.3. The van der Waals surface area contributed by atoms with Gasteiger partial charge in [0.25, 0.3) is 5.91 Å². The van der Waals surface area contributed by atoms with Crippen LogP contribution in [0.15, 0.2) is 60.0 Å². The van der Waals surface area contributed by atoms with Gasteiger partial charge in [-0.1, -0.05) is 12.1 Å². The van der Waals surface area contributed by atoms with Crippen LogP contribution >= 0.6 is 0 Å². The first-order valence-corrected chi connectivity index (χ1v) is 8.91. The molecule has 0 saturated heterocycles. The first-order chi connectivity index (χ1) is 11.3. The molecular weight excluding hydrogens is 324 g/mol. The third-order valence-corrected chi connectivity index (χ3v) is 5.05. The Hall–Kier alpha value is -2.44. The van der Waals surface area contributed by atoms with E-state index in [0.717, 1.165) is 11.1 Å². The van der Waals surface area contributed by atoms with Gasteiger partial charge in [-0.15, -0.1) is 6.58 Å². The molecular formula is C18H20N2O3S. The van der Waals surface area contributed by atoms with Gasteiger partial charge in [0, 0.05) is 17.8 Å². The second-order valence-corrected chi connectivity index (χ2v) is 7.19. The van der Waals surface area contributed by atoms with Gasteiger partial charge in [-0.25, -0.2) is 13.1 Å². The molecule has 0 aromatic heterocycles. The maximum atomic E-state index is 12.3. The fourth-order valence-electron chi connectivity index (χ4n) is 2.06. The average molecular weight is 344 g/mol. The lowest BCUT2D eigenvalue weighted by molar-refractivity contribution is 0.102. The number of rotatable bonds is 6. The van der Waals surface area contributed by atoms with E-state index in [2.05, 4.69) is 16.6 Å². The smallest absolute Gasteiger partial charge is 0.255 e. The summed E-state index contributed by atoms with van der Waals surface area (Å²) in [6.07, 6.45) is 1.46. The monoisotopic (exact) mass is 344 g/mol. The van der Waals surface area contributed by atoms with Crippen molar-refractivity contribution in [1.29, 1.82) is 0 Å². The first kappa shape index (κ1) is 17.9. The molecule has 0 saturated carbocycles. The molecule has 1 amide bonds. The molecule has 2 rings (SSSR count). The van der Waals surface area contributed by atoms with Crippen molar-refractivity contribution >= 4 is 21.6 Å². The SMILES string of the molecule is C=CCNS(=O)(=O)c1ccc(C(=O)Nc2ccc(C)c(C)c2)cc1. The van der Waals surface area contributed by atoms with Crippen molar-refractivity contribution in [2.24, 2.45) is 0 Å². The molecule has 2 N–H and O–H groups in total. The molecule has 0 bridgehead atoms. The standard InChI is InChI=1S/C18H20N2O3S/c1-4-11-19-24(22,23)17-9-6-15(7-10-17)18(21)20-16-8-5-13(2)14(3)12-16/h4-10,12,19H,1,11H2,2-3H3,(H,20,21). The van der Waals surface area contributed by atoms with Gasteiger partial charge in [0.2, 0.25) is 10.0 Å². The van der Waals surface area contributed by atoms with E-state index in [4.69, 9.17) is 0 Å². The normalized spacial score (nSPS) is 11.1. The van der Waals surface area contributed by atoms with E-state index >= 15 is 0 Å². The highest BCUT2D eigenvalue weighted by Gasteiger charge is 2.14. The highest BCUT2D eigenvalue weighted by molar-refractivity contribution is 7.89. The fourth-order valence-corrected chi connectivity index (χ4v) is 3.06. The van der Waals surface area contributed by atoms with Crippen LogP contribution in [0, 0.1) is 13.8 Å². The molecule has 0 atom stereocenters. The van der Waals surface area contributed by atoms with Gasteiger partial charge in [-0.3, -0.25) is 4.79 Å². The van der Waals surface area contributed by atoms with Crippen molar-refractivity contribution < 1.29 is 13.2 Å². The predicted octanol–water partition coefficient (Wildman–Crippen LogP) is 3.02. The quantitative estimate of drug-likeness (QED) is 0.791. The maximum Gasteiger partial charge on any atom is 0.255 e. The summed E-state index contributed by atoms with van der Waals surface area (Å²) in [5.74, 6) is -0.291. The van der Waals surface area contributed by atoms with Crippen molar-refractivity contribution in [1.82, 2.24) is 4.72 Å². The second-order valence-electron chi connectivity index (χ2n) is 5.42. The Balaban J connectivity index is 2.13. The zero-order chi connectivity index (χ0) is 17.7. The Bertz CT molecular complexity index is 856. The van der Waals surface area contributed by atoms with Crippen molar-refractivity contribution in [3.63, 3.8) is 0 Å². The Morgan fingerprint density at radius 3 is 2.33 bits per heavy atom. The van der Waals surface area contributed by atoms with Crippen LogP contribution in [0.1, 0.15) is 21.5 Å². The number of amides is 1. The van der Waals surface area contributed by atoms with Crippen LogP contribution in [0.2, 0.25) is 0 Å². The summed E-state index contributed by atoms with van der Waals surface area (Å²) in [6, 6.07) is 11.4. The molecule has 0 unspecified atom stereocenters. The topological polar surface area (TPSA) is 75.3 Å². The third-order valence-electron chi connectivity index (χ3n) is 3.61. The van der Waals surface area contributed by atoms with Crippen LogP contribution in [0.25, 0.3) is 0 Å². The Kier molecular flexibility index (Phi) is 5.54. The van der Waals surface area contributed by atoms with Crippen LogP contribution < -0.4 is 10.0 Å². The number of hydrogen-bond donors (Lipinski definition) is 2. The lowest BCUT2D eigenvalue weighted by atomic mass is 10.1. The predicted molar refractivity (Wildman–Crippen MR) is 95.7 cm³/mol. The fraction of sp³-hybridized carbons (Fsp3) is 0.167. The van der Waals surface area contributed by atoms with E-state index in [9.17, 15) is 13.2 Å². The summed E-state index contributed by atoms with van der Waals surface area (Å²) in [4.78, 5) is 12.4. The van der Waals surface area contributed by atoms with E-state index in [0.29, 0.717) is 11.3 Å². The van der Waals surface area contributed by atoms with Crippen LogP contribution in [-0.4, -0.2) is 20.9 Å². The van der Waals surface area contributed by atoms with E-state index in [-0.39, 0.29) is 17.3 Å². The summed E-state index contributed by atoms with van der Waals surface area (Å²) in [6.45, 7) is 7.59. The minimum atomic E-state index is -3.59. The molecule has 0 spiro atoms.